The van der Waals surface area contributed by atoms with Gasteiger partial charge < -0.3 is 19.6 Å². The smallest absolute Gasteiger partial charge is 0.407 e. The van der Waals surface area contributed by atoms with Gasteiger partial charge in [0.2, 0.25) is 0 Å². The fourth-order valence-electron chi connectivity index (χ4n) is 2.99. The molecule has 0 atom stereocenters. The van der Waals surface area contributed by atoms with Crippen LogP contribution in [0.25, 0.3) is 22.1 Å². The number of fused-ring (bicyclic) bond motifs is 1. The third-order valence-corrected chi connectivity index (χ3v) is 5.19. The van der Waals surface area contributed by atoms with Gasteiger partial charge in [0.25, 0.3) is 0 Å². The first-order chi connectivity index (χ1) is 13.2. The normalized spacial score (nSPS) is 11.6. The van der Waals surface area contributed by atoms with Gasteiger partial charge in [-0.05, 0) is 78.5 Å². The number of aliphatic hydroxyl groups is 1. The molecule has 1 amide bonds. The van der Waals surface area contributed by atoms with Crippen molar-refractivity contribution in [3.63, 3.8) is 0 Å². The van der Waals surface area contributed by atoms with Crippen molar-refractivity contribution in [1.82, 2.24) is 5.32 Å². The van der Waals surface area contributed by atoms with E-state index in [4.69, 9.17) is 9.15 Å². The van der Waals surface area contributed by atoms with Gasteiger partial charge in [0.15, 0.2) is 0 Å². The maximum atomic E-state index is 11.9. The molecule has 0 spiro atoms. The van der Waals surface area contributed by atoms with E-state index in [1.54, 1.807) is 0 Å². The zero-order valence-electron chi connectivity index (χ0n) is 16.4. The first kappa shape index (κ1) is 20.4. The Morgan fingerprint density at radius 3 is 2.64 bits per heavy atom. The van der Waals surface area contributed by atoms with Gasteiger partial charge in [0.05, 0.1) is 11.1 Å². The van der Waals surface area contributed by atoms with Gasteiger partial charge in [-0.3, -0.25) is 0 Å². The van der Waals surface area contributed by atoms with Crippen LogP contribution >= 0.6 is 15.9 Å². The summed E-state index contributed by atoms with van der Waals surface area (Å²) in [6, 6.07) is 11.7. The molecule has 1 aromatic heterocycles. The highest BCUT2D eigenvalue weighted by Gasteiger charge is 2.17. The number of aryl methyl sites for hydroxylation is 1. The number of alkyl carbamates (subject to hydrolysis) is 1. The zero-order valence-corrected chi connectivity index (χ0v) is 18.0. The van der Waals surface area contributed by atoms with Crippen LogP contribution in [0.15, 0.2) is 45.3 Å². The molecule has 148 valence electrons. The Morgan fingerprint density at radius 1 is 1.21 bits per heavy atom. The predicted octanol–water partition coefficient (Wildman–Crippen LogP) is 5.69. The Balaban J connectivity index is 1.92. The Morgan fingerprint density at radius 2 is 1.96 bits per heavy atom. The van der Waals surface area contributed by atoms with E-state index in [0.29, 0.717) is 6.54 Å². The number of benzene rings is 2. The summed E-state index contributed by atoms with van der Waals surface area (Å²) in [6.07, 6.45) is -0.451. The summed E-state index contributed by atoms with van der Waals surface area (Å²) >= 11 is 3.56. The van der Waals surface area contributed by atoms with Crippen LogP contribution in [0.4, 0.5) is 4.79 Å². The third-order valence-electron chi connectivity index (χ3n) is 4.21. The lowest BCUT2D eigenvalue weighted by Crippen LogP contribution is -2.32. The second-order valence-electron chi connectivity index (χ2n) is 7.71. The quantitative estimate of drug-likeness (QED) is 0.540. The lowest BCUT2D eigenvalue weighted by Gasteiger charge is -2.19. The molecule has 1 heterocycles. The zero-order chi connectivity index (χ0) is 20.5. The number of hydrogen-bond acceptors (Lipinski definition) is 4. The van der Waals surface area contributed by atoms with Crippen molar-refractivity contribution >= 4 is 33.0 Å². The number of nitrogens with one attached hydrogen (secondary N) is 1. The molecule has 2 aromatic carbocycles. The monoisotopic (exact) mass is 445 g/mol. The minimum Gasteiger partial charge on any atom is -0.459 e. The van der Waals surface area contributed by atoms with Crippen LogP contribution in [-0.4, -0.2) is 16.8 Å². The van der Waals surface area contributed by atoms with Crippen LogP contribution in [0.1, 0.15) is 37.7 Å². The maximum Gasteiger partial charge on any atom is 0.407 e. The van der Waals surface area contributed by atoms with E-state index in [1.807, 2.05) is 64.1 Å². The fraction of sp³-hybridized carbons (Fsp3) is 0.318. The average molecular weight is 446 g/mol. The molecule has 28 heavy (non-hydrogen) atoms. The highest BCUT2D eigenvalue weighted by atomic mass is 79.9. The fourth-order valence-corrected chi connectivity index (χ4v) is 3.37. The van der Waals surface area contributed by atoms with E-state index in [2.05, 4.69) is 21.2 Å². The SMILES string of the molecule is Cc1oc2c(-c3cccc(CNC(=O)OC(C)(C)C)c3)cc(CO)cc2c1Br. The van der Waals surface area contributed by atoms with E-state index < -0.39 is 11.7 Å². The highest BCUT2D eigenvalue weighted by molar-refractivity contribution is 9.10. The number of ether oxygens (including phenoxy) is 1. The summed E-state index contributed by atoms with van der Waals surface area (Å²) < 4.78 is 12.1. The van der Waals surface area contributed by atoms with E-state index in [9.17, 15) is 9.90 Å². The molecular formula is C22H24BrNO4. The van der Waals surface area contributed by atoms with Gasteiger partial charge in [-0.2, -0.15) is 0 Å². The Kier molecular flexibility index (Phi) is 5.82. The first-order valence-electron chi connectivity index (χ1n) is 9.06. The molecule has 0 aliphatic carbocycles. The van der Waals surface area contributed by atoms with Crippen molar-refractivity contribution in [3.05, 3.63) is 57.8 Å². The maximum absolute atomic E-state index is 11.9. The van der Waals surface area contributed by atoms with Crippen molar-refractivity contribution in [3.8, 4) is 11.1 Å². The van der Waals surface area contributed by atoms with E-state index in [1.165, 1.54) is 0 Å². The molecule has 0 radical (unpaired) electrons. The summed E-state index contributed by atoms with van der Waals surface area (Å²) in [4.78, 5) is 11.9. The largest absolute Gasteiger partial charge is 0.459 e. The molecule has 3 rings (SSSR count). The molecule has 2 N–H and O–H groups in total. The first-order valence-corrected chi connectivity index (χ1v) is 9.86. The summed E-state index contributed by atoms with van der Waals surface area (Å²) in [5.41, 5.74) is 3.82. The van der Waals surface area contributed by atoms with E-state index in [0.717, 1.165) is 43.5 Å². The summed E-state index contributed by atoms with van der Waals surface area (Å²) in [5, 5.41) is 13.4. The number of aliphatic hydroxyl groups excluding tert-OH is 1. The van der Waals surface area contributed by atoms with Crippen LogP contribution in [0.5, 0.6) is 0 Å². The van der Waals surface area contributed by atoms with Crippen LogP contribution in [-0.2, 0) is 17.9 Å². The molecule has 0 aliphatic heterocycles. The molecule has 0 aliphatic rings. The third kappa shape index (κ3) is 4.56. The highest BCUT2D eigenvalue weighted by Crippen LogP contribution is 2.38. The van der Waals surface area contributed by atoms with E-state index >= 15 is 0 Å². The second kappa shape index (κ2) is 7.97. The van der Waals surface area contributed by atoms with Gasteiger partial charge in [-0.1, -0.05) is 18.2 Å². The van der Waals surface area contributed by atoms with Crippen molar-refractivity contribution < 1.29 is 19.1 Å². The van der Waals surface area contributed by atoms with Crippen LogP contribution in [0.3, 0.4) is 0 Å². The number of halogens is 1. The van der Waals surface area contributed by atoms with Crippen molar-refractivity contribution in [2.45, 2.75) is 46.4 Å². The molecular weight excluding hydrogens is 422 g/mol. The molecule has 3 aromatic rings. The van der Waals surface area contributed by atoms with Gasteiger partial charge in [0, 0.05) is 17.5 Å². The minimum atomic E-state index is -0.535. The minimum absolute atomic E-state index is 0.0561. The molecule has 0 unspecified atom stereocenters. The number of carbonyl (C=O) groups is 1. The number of furan rings is 1. The van der Waals surface area contributed by atoms with Gasteiger partial charge in [-0.25, -0.2) is 4.79 Å². The summed E-state index contributed by atoms with van der Waals surface area (Å²) in [6.45, 7) is 7.68. The number of rotatable bonds is 4. The second-order valence-corrected chi connectivity index (χ2v) is 8.50. The molecule has 5 nitrogen and oxygen atoms in total. The lowest BCUT2D eigenvalue weighted by molar-refractivity contribution is 0.0523. The molecule has 0 bridgehead atoms. The number of amides is 1. The summed E-state index contributed by atoms with van der Waals surface area (Å²) in [7, 11) is 0. The van der Waals surface area contributed by atoms with E-state index in [-0.39, 0.29) is 6.61 Å². The van der Waals surface area contributed by atoms with Gasteiger partial charge in [0.1, 0.15) is 16.9 Å². The van der Waals surface area contributed by atoms with Gasteiger partial charge >= 0.3 is 6.09 Å². The summed E-state index contributed by atoms with van der Waals surface area (Å²) in [5.74, 6) is 0.786. The lowest BCUT2D eigenvalue weighted by atomic mass is 9.99. The van der Waals surface area contributed by atoms with Crippen LogP contribution in [0, 0.1) is 6.92 Å². The molecule has 6 heteroatoms. The predicted molar refractivity (Wildman–Crippen MR) is 113 cm³/mol. The average Bonchev–Trinajstić information content (AvgIpc) is 2.92. The molecule has 0 saturated heterocycles. The molecule has 0 saturated carbocycles. The van der Waals surface area contributed by atoms with Crippen LogP contribution in [0.2, 0.25) is 0 Å². The standard InChI is InChI=1S/C22H24BrNO4/c1-13-19(23)18-10-15(12-25)9-17(20(18)27-13)16-7-5-6-14(8-16)11-24-21(26)28-22(2,3)4/h5-10,25H,11-12H2,1-4H3,(H,24,26). The van der Waals surface area contributed by atoms with Crippen molar-refractivity contribution in [2.75, 3.05) is 0 Å². The Hall–Kier alpha value is -2.31. The van der Waals surface area contributed by atoms with Crippen LogP contribution < -0.4 is 5.32 Å². The van der Waals surface area contributed by atoms with Gasteiger partial charge in [-0.15, -0.1) is 0 Å². The topological polar surface area (TPSA) is 71.7 Å². The molecule has 0 fully saturated rings. The number of carbonyl (C=O) groups excluding carboxylic acids is 1. The van der Waals surface area contributed by atoms with Crippen molar-refractivity contribution in [2.24, 2.45) is 0 Å². The Bertz CT molecular complexity index is 1020. The van der Waals surface area contributed by atoms with Crippen molar-refractivity contribution in [1.29, 1.82) is 0 Å². The Labute approximate surface area is 172 Å². The number of hydrogen-bond donors (Lipinski definition) is 2.